The second kappa shape index (κ2) is 47.4. The molecule has 0 saturated heterocycles. The molecule has 2 atom stereocenters. The predicted octanol–water partition coefficient (Wildman–Crippen LogP) is 16.4. The molecule has 0 aliphatic heterocycles. The van der Waals surface area contributed by atoms with E-state index in [9.17, 15) is 19.5 Å². The summed E-state index contributed by atoms with van der Waals surface area (Å²) in [5.41, 5.74) is 0. The molecule has 0 radical (unpaired) electrons. The minimum Gasteiger partial charge on any atom is -0.455 e. The van der Waals surface area contributed by atoms with E-state index in [1.807, 2.05) is 0 Å². The number of carbonyl (C=O) groups is 3. The van der Waals surface area contributed by atoms with Crippen LogP contribution in [0.1, 0.15) is 290 Å². The zero-order valence-electron chi connectivity index (χ0n) is 39.7. The maximum Gasteiger partial charge on any atom is 0.306 e. The molecule has 0 aromatic carbocycles. The number of unbranched alkanes of at least 4 members (excludes halogenated alkanes) is 35. The minimum atomic E-state index is -1.25. The van der Waals surface area contributed by atoms with Gasteiger partial charge in [0.2, 0.25) is 0 Å². The van der Waals surface area contributed by atoms with Crippen LogP contribution in [0, 0.1) is 0 Å². The van der Waals surface area contributed by atoms with E-state index in [2.05, 4.69) is 32.9 Å². The third-order valence-corrected chi connectivity index (χ3v) is 12.0. The summed E-state index contributed by atoms with van der Waals surface area (Å²) in [5, 5.41) is 10.3. The second-order valence-corrected chi connectivity index (χ2v) is 17.9. The zero-order chi connectivity index (χ0) is 43.1. The molecular formula is C53H100O6. The molecule has 0 amide bonds. The molecule has 0 heterocycles. The lowest BCUT2D eigenvalue weighted by Gasteiger charge is -2.25. The van der Waals surface area contributed by atoms with Crippen LogP contribution in [0.15, 0.2) is 12.2 Å². The van der Waals surface area contributed by atoms with Gasteiger partial charge in [-0.05, 0) is 44.9 Å². The minimum absolute atomic E-state index is 0.236. The lowest BCUT2D eigenvalue weighted by atomic mass is 10.0. The zero-order valence-corrected chi connectivity index (χ0v) is 39.7. The van der Waals surface area contributed by atoms with Crippen molar-refractivity contribution >= 4 is 17.7 Å². The smallest absolute Gasteiger partial charge is 0.306 e. The Balaban J connectivity index is 4.62. The van der Waals surface area contributed by atoms with Gasteiger partial charge in [-0.1, -0.05) is 238 Å². The number of aliphatic hydroxyl groups excluding tert-OH is 1. The van der Waals surface area contributed by atoms with Crippen molar-refractivity contribution in [3.05, 3.63) is 12.2 Å². The number of aliphatic hydroxyl groups is 1. The normalized spacial score (nSPS) is 12.6. The van der Waals surface area contributed by atoms with Crippen LogP contribution in [0.25, 0.3) is 0 Å². The summed E-state index contributed by atoms with van der Waals surface area (Å²) in [7, 11) is 0. The molecule has 0 saturated carbocycles. The van der Waals surface area contributed by atoms with Gasteiger partial charge in [0.25, 0.3) is 0 Å². The van der Waals surface area contributed by atoms with E-state index in [0.717, 1.165) is 64.2 Å². The number of ether oxygens (including phenoxy) is 2. The number of hydrogen-bond donors (Lipinski definition) is 1. The fourth-order valence-electron chi connectivity index (χ4n) is 8.06. The van der Waals surface area contributed by atoms with Crippen LogP contribution in [0.2, 0.25) is 0 Å². The van der Waals surface area contributed by atoms with Crippen molar-refractivity contribution in [3.8, 4) is 0 Å². The number of ketones is 1. The van der Waals surface area contributed by atoms with Crippen molar-refractivity contribution < 1.29 is 29.0 Å². The average Bonchev–Trinajstić information content (AvgIpc) is 3.23. The summed E-state index contributed by atoms with van der Waals surface area (Å²) < 4.78 is 11.4. The first-order chi connectivity index (χ1) is 29.0. The Bertz CT molecular complexity index is 931. The van der Waals surface area contributed by atoms with Crippen LogP contribution in [-0.4, -0.2) is 41.6 Å². The Morgan fingerprint density at radius 2 is 0.644 bits per heavy atom. The molecule has 6 nitrogen and oxygen atoms in total. The highest BCUT2D eigenvalue weighted by Crippen LogP contribution is 2.19. The molecule has 0 spiro atoms. The van der Waals surface area contributed by atoms with Crippen LogP contribution < -0.4 is 0 Å². The summed E-state index contributed by atoms with van der Waals surface area (Å²) in [6, 6.07) is 0. The van der Waals surface area contributed by atoms with Gasteiger partial charge in [-0.3, -0.25) is 14.4 Å². The van der Waals surface area contributed by atoms with Crippen molar-refractivity contribution in [1.29, 1.82) is 0 Å². The Hall–Kier alpha value is -1.69. The molecule has 6 heteroatoms. The molecule has 0 aromatic heterocycles. The van der Waals surface area contributed by atoms with E-state index in [1.165, 1.54) is 173 Å². The van der Waals surface area contributed by atoms with Gasteiger partial charge in [-0.2, -0.15) is 0 Å². The van der Waals surface area contributed by atoms with Gasteiger partial charge in [0.05, 0.1) is 6.61 Å². The largest absolute Gasteiger partial charge is 0.455 e. The maximum absolute atomic E-state index is 13.5. The number of allylic oxidation sites excluding steroid dienone is 2. The van der Waals surface area contributed by atoms with Crippen molar-refractivity contribution in [3.63, 3.8) is 0 Å². The molecule has 0 aromatic rings. The average molecular weight is 833 g/mol. The summed E-state index contributed by atoms with van der Waals surface area (Å²) in [6.45, 7) is 6.23. The first-order valence-corrected chi connectivity index (χ1v) is 26.2. The Labute approximate surface area is 367 Å². The van der Waals surface area contributed by atoms with Gasteiger partial charge < -0.3 is 14.6 Å². The monoisotopic (exact) mass is 833 g/mol. The topological polar surface area (TPSA) is 89.9 Å². The lowest BCUT2D eigenvalue weighted by Crippen LogP contribution is -2.43. The maximum atomic E-state index is 13.5. The van der Waals surface area contributed by atoms with Crippen molar-refractivity contribution in [2.45, 2.75) is 303 Å². The van der Waals surface area contributed by atoms with Crippen molar-refractivity contribution in [2.24, 2.45) is 0 Å². The molecule has 59 heavy (non-hydrogen) atoms. The first-order valence-electron chi connectivity index (χ1n) is 26.2. The van der Waals surface area contributed by atoms with Gasteiger partial charge in [-0.15, -0.1) is 0 Å². The van der Waals surface area contributed by atoms with Gasteiger partial charge in [-0.25, -0.2) is 0 Å². The Morgan fingerprint density at radius 3 is 0.966 bits per heavy atom. The highest BCUT2D eigenvalue weighted by molar-refractivity contribution is 5.86. The van der Waals surface area contributed by atoms with E-state index in [-0.39, 0.29) is 25.0 Å². The van der Waals surface area contributed by atoms with Gasteiger partial charge in [0, 0.05) is 19.3 Å². The number of carbonyl (C=O) groups excluding carboxylic acids is 3. The van der Waals surface area contributed by atoms with E-state index in [1.54, 1.807) is 0 Å². The quantitative estimate of drug-likeness (QED) is 0.0373. The SMILES string of the molecule is CCCCCCCC/C=C\CCCCCCCC(=O)C(OC(=O)CCCCCCCCCCCCCCC)C(CO)OC(=O)CCCCCCCCCCCCCCC. The first kappa shape index (κ1) is 57.3. The van der Waals surface area contributed by atoms with Crippen molar-refractivity contribution in [2.75, 3.05) is 6.61 Å². The van der Waals surface area contributed by atoms with Gasteiger partial charge >= 0.3 is 11.9 Å². The Kier molecular flexibility index (Phi) is 46.0. The molecular weight excluding hydrogens is 733 g/mol. The summed E-state index contributed by atoms with van der Waals surface area (Å²) in [4.78, 5) is 39.3. The highest BCUT2D eigenvalue weighted by Gasteiger charge is 2.34. The van der Waals surface area contributed by atoms with Gasteiger partial charge in [0.1, 0.15) is 0 Å². The van der Waals surface area contributed by atoms with Crippen LogP contribution in [0.4, 0.5) is 0 Å². The number of esters is 2. The predicted molar refractivity (Wildman–Crippen MR) is 252 cm³/mol. The standard InChI is InChI=1S/C53H100O6/c1-4-7-10-13-16-19-22-25-26-29-30-33-36-39-42-45-49(55)53(59-52(57)47-44-41-38-35-32-28-24-21-18-15-12-9-6-3)50(48-54)58-51(56)46-43-40-37-34-31-27-23-20-17-14-11-8-5-2/h25-26,50,53-54H,4-24,27-48H2,1-3H3/b26-25-. The van der Waals surface area contributed by atoms with E-state index < -0.39 is 30.8 Å². The summed E-state index contributed by atoms with van der Waals surface area (Å²) >= 11 is 0. The molecule has 0 aliphatic carbocycles. The fourth-order valence-corrected chi connectivity index (χ4v) is 8.06. The summed E-state index contributed by atoms with van der Waals surface area (Å²) in [5.74, 6) is -1.13. The van der Waals surface area contributed by atoms with Gasteiger partial charge in [0.15, 0.2) is 18.0 Å². The molecule has 1 N–H and O–H groups in total. The highest BCUT2D eigenvalue weighted by atomic mass is 16.6. The van der Waals surface area contributed by atoms with E-state index >= 15 is 0 Å². The van der Waals surface area contributed by atoms with Crippen LogP contribution >= 0.6 is 0 Å². The number of rotatable bonds is 48. The lowest BCUT2D eigenvalue weighted by molar-refractivity contribution is -0.175. The second-order valence-electron chi connectivity index (χ2n) is 17.9. The van der Waals surface area contributed by atoms with Crippen molar-refractivity contribution in [1.82, 2.24) is 0 Å². The summed E-state index contributed by atoms with van der Waals surface area (Å²) in [6.07, 6.45) is 50.1. The molecule has 0 aliphatic rings. The van der Waals surface area contributed by atoms with Crippen LogP contribution in [0.3, 0.4) is 0 Å². The van der Waals surface area contributed by atoms with Crippen LogP contribution in [-0.2, 0) is 23.9 Å². The molecule has 0 rings (SSSR count). The van der Waals surface area contributed by atoms with E-state index in [0.29, 0.717) is 12.8 Å². The molecule has 0 fully saturated rings. The number of Topliss-reactive ketones (excluding diaryl/α,β-unsaturated/α-hetero) is 1. The molecule has 348 valence electrons. The number of hydrogen-bond acceptors (Lipinski definition) is 6. The fraction of sp³-hybridized carbons (Fsp3) is 0.906. The van der Waals surface area contributed by atoms with E-state index in [4.69, 9.17) is 9.47 Å². The Morgan fingerprint density at radius 1 is 0.373 bits per heavy atom. The third kappa shape index (κ3) is 41.4. The molecule has 0 bridgehead atoms. The third-order valence-electron chi connectivity index (χ3n) is 12.0. The van der Waals surface area contributed by atoms with Crippen LogP contribution in [0.5, 0.6) is 0 Å². The molecule has 2 unspecified atom stereocenters.